The predicted molar refractivity (Wildman–Crippen MR) is 97.4 cm³/mol. The fourth-order valence-corrected chi connectivity index (χ4v) is 3.51. The standard InChI is InChI=1S/C18H14N4O3S/c1-24-13-6-4-7-15-16(13)21-18(26-15)22(11-12-5-2-3-9-19-12)17(23)14-8-10-20-25-14/h2-10H,11H2,1H3. The van der Waals surface area contributed by atoms with Crippen molar-refractivity contribution in [3.63, 3.8) is 0 Å². The first kappa shape index (κ1) is 16.2. The molecule has 0 unspecified atom stereocenters. The van der Waals surface area contributed by atoms with Crippen molar-refractivity contribution in [2.45, 2.75) is 6.54 Å². The highest BCUT2D eigenvalue weighted by Crippen LogP contribution is 2.35. The van der Waals surface area contributed by atoms with E-state index < -0.39 is 0 Å². The molecule has 0 fully saturated rings. The Balaban J connectivity index is 1.78. The zero-order chi connectivity index (χ0) is 17.9. The molecule has 3 aromatic heterocycles. The van der Waals surface area contributed by atoms with Crippen LogP contribution in [0, 0.1) is 0 Å². The van der Waals surface area contributed by atoms with Gasteiger partial charge in [-0.05, 0) is 24.3 Å². The Morgan fingerprint density at radius 1 is 1.19 bits per heavy atom. The predicted octanol–water partition coefficient (Wildman–Crippen LogP) is 3.53. The zero-order valence-corrected chi connectivity index (χ0v) is 14.6. The van der Waals surface area contributed by atoms with Crippen LogP contribution in [0.25, 0.3) is 10.2 Å². The van der Waals surface area contributed by atoms with Gasteiger partial charge in [-0.3, -0.25) is 14.7 Å². The van der Waals surface area contributed by atoms with E-state index in [0.717, 1.165) is 10.4 Å². The Morgan fingerprint density at radius 2 is 2.12 bits per heavy atom. The number of nitrogens with zero attached hydrogens (tertiary/aromatic N) is 4. The van der Waals surface area contributed by atoms with E-state index in [1.54, 1.807) is 13.3 Å². The highest BCUT2D eigenvalue weighted by atomic mass is 32.1. The lowest BCUT2D eigenvalue weighted by Gasteiger charge is -2.17. The van der Waals surface area contributed by atoms with Gasteiger partial charge in [0.25, 0.3) is 5.91 Å². The summed E-state index contributed by atoms with van der Waals surface area (Å²) in [7, 11) is 1.60. The number of hydrogen-bond acceptors (Lipinski definition) is 7. The number of fused-ring (bicyclic) bond motifs is 1. The summed E-state index contributed by atoms with van der Waals surface area (Å²) >= 11 is 1.40. The SMILES string of the molecule is COc1cccc2sc(N(Cc3ccccn3)C(=O)c3ccno3)nc12. The number of ether oxygens (including phenoxy) is 1. The van der Waals surface area contributed by atoms with Crippen molar-refractivity contribution in [3.8, 4) is 5.75 Å². The Labute approximate surface area is 152 Å². The molecule has 3 heterocycles. The van der Waals surface area contributed by atoms with Crippen LogP contribution in [0.15, 0.2) is 59.4 Å². The molecule has 0 bridgehead atoms. The third kappa shape index (κ3) is 3.02. The molecule has 0 atom stereocenters. The molecule has 0 saturated carbocycles. The summed E-state index contributed by atoms with van der Waals surface area (Å²) in [4.78, 5) is 23.4. The topological polar surface area (TPSA) is 81.4 Å². The quantitative estimate of drug-likeness (QED) is 0.537. The van der Waals surface area contributed by atoms with E-state index in [-0.39, 0.29) is 18.2 Å². The van der Waals surface area contributed by atoms with E-state index in [4.69, 9.17) is 9.26 Å². The van der Waals surface area contributed by atoms with Crippen molar-refractivity contribution in [1.29, 1.82) is 0 Å². The number of amides is 1. The third-order valence-electron chi connectivity index (χ3n) is 3.76. The molecule has 1 aromatic carbocycles. The Kier molecular flexibility index (Phi) is 4.32. The molecule has 0 spiro atoms. The van der Waals surface area contributed by atoms with Crippen molar-refractivity contribution in [2.75, 3.05) is 12.0 Å². The van der Waals surface area contributed by atoms with Gasteiger partial charge < -0.3 is 9.26 Å². The number of carbonyl (C=O) groups excluding carboxylic acids is 1. The molecule has 8 heteroatoms. The summed E-state index contributed by atoms with van der Waals surface area (Å²) < 4.78 is 11.3. The van der Waals surface area contributed by atoms with E-state index in [1.807, 2.05) is 36.4 Å². The van der Waals surface area contributed by atoms with Crippen LogP contribution in [0.2, 0.25) is 0 Å². The maximum Gasteiger partial charge on any atom is 0.299 e. The first-order valence-electron chi connectivity index (χ1n) is 7.82. The summed E-state index contributed by atoms with van der Waals surface area (Å²) in [5.41, 5.74) is 1.46. The van der Waals surface area contributed by atoms with Crippen LogP contribution >= 0.6 is 11.3 Å². The Morgan fingerprint density at radius 3 is 2.85 bits per heavy atom. The minimum absolute atomic E-state index is 0.146. The first-order chi connectivity index (χ1) is 12.8. The van der Waals surface area contributed by atoms with E-state index >= 15 is 0 Å². The van der Waals surface area contributed by atoms with Gasteiger partial charge in [-0.15, -0.1) is 0 Å². The summed E-state index contributed by atoms with van der Waals surface area (Å²) in [5.74, 6) is 0.480. The number of benzene rings is 1. The minimum atomic E-state index is -0.328. The lowest BCUT2D eigenvalue weighted by atomic mass is 10.3. The number of carbonyl (C=O) groups is 1. The molecule has 0 saturated heterocycles. The molecule has 130 valence electrons. The van der Waals surface area contributed by atoms with Crippen molar-refractivity contribution in [2.24, 2.45) is 0 Å². The monoisotopic (exact) mass is 366 g/mol. The van der Waals surface area contributed by atoms with Crippen LogP contribution in [-0.2, 0) is 6.54 Å². The normalized spacial score (nSPS) is 10.8. The molecule has 1 amide bonds. The van der Waals surface area contributed by atoms with E-state index in [1.165, 1.54) is 28.5 Å². The van der Waals surface area contributed by atoms with Gasteiger partial charge in [0.1, 0.15) is 11.3 Å². The summed E-state index contributed by atoms with van der Waals surface area (Å²) in [6.45, 7) is 0.266. The van der Waals surface area contributed by atoms with Gasteiger partial charge in [0, 0.05) is 12.3 Å². The van der Waals surface area contributed by atoms with Crippen LogP contribution in [0.1, 0.15) is 16.2 Å². The first-order valence-corrected chi connectivity index (χ1v) is 8.64. The van der Waals surface area contributed by atoms with Gasteiger partial charge >= 0.3 is 0 Å². The number of anilines is 1. The average Bonchev–Trinajstić information content (AvgIpc) is 3.35. The van der Waals surface area contributed by atoms with Crippen LogP contribution in [0.5, 0.6) is 5.75 Å². The molecular formula is C18H14N4O3S. The maximum absolute atomic E-state index is 12.9. The molecule has 0 aliphatic carbocycles. The van der Waals surface area contributed by atoms with E-state index in [9.17, 15) is 4.79 Å². The second-order valence-electron chi connectivity index (χ2n) is 5.39. The Hall–Kier alpha value is -3.26. The van der Waals surface area contributed by atoms with Crippen molar-refractivity contribution in [3.05, 3.63) is 66.3 Å². The number of pyridine rings is 1. The van der Waals surface area contributed by atoms with E-state index in [2.05, 4.69) is 15.1 Å². The van der Waals surface area contributed by atoms with Gasteiger partial charge in [-0.1, -0.05) is 28.6 Å². The smallest absolute Gasteiger partial charge is 0.299 e. The molecule has 0 radical (unpaired) electrons. The van der Waals surface area contributed by atoms with Crippen LogP contribution in [0.4, 0.5) is 5.13 Å². The number of aromatic nitrogens is 3. The van der Waals surface area contributed by atoms with Crippen LogP contribution < -0.4 is 9.64 Å². The van der Waals surface area contributed by atoms with Gasteiger partial charge in [-0.2, -0.15) is 0 Å². The number of hydrogen-bond donors (Lipinski definition) is 0. The van der Waals surface area contributed by atoms with E-state index in [0.29, 0.717) is 16.4 Å². The van der Waals surface area contributed by atoms with Crippen LogP contribution in [-0.4, -0.2) is 28.1 Å². The van der Waals surface area contributed by atoms with Gasteiger partial charge in [0.15, 0.2) is 5.13 Å². The van der Waals surface area contributed by atoms with Crippen LogP contribution in [0.3, 0.4) is 0 Å². The summed E-state index contributed by atoms with van der Waals surface area (Å²) in [5, 5.41) is 4.16. The molecule has 4 rings (SSSR count). The van der Waals surface area contributed by atoms with Gasteiger partial charge in [0.05, 0.1) is 30.2 Å². The van der Waals surface area contributed by atoms with Gasteiger partial charge in [-0.25, -0.2) is 4.98 Å². The van der Waals surface area contributed by atoms with Gasteiger partial charge in [0.2, 0.25) is 5.76 Å². The van der Waals surface area contributed by atoms with Crippen molar-refractivity contribution < 1.29 is 14.1 Å². The molecule has 26 heavy (non-hydrogen) atoms. The lowest BCUT2D eigenvalue weighted by molar-refractivity contribution is 0.0949. The number of para-hydroxylation sites is 1. The molecule has 0 aliphatic heterocycles. The second-order valence-corrected chi connectivity index (χ2v) is 6.40. The maximum atomic E-state index is 12.9. The minimum Gasteiger partial charge on any atom is -0.494 e. The summed E-state index contributed by atoms with van der Waals surface area (Å²) in [6.07, 6.45) is 3.13. The number of methoxy groups -OCH3 is 1. The molecule has 0 N–H and O–H groups in total. The molecule has 7 nitrogen and oxygen atoms in total. The molecule has 4 aromatic rings. The third-order valence-corrected chi connectivity index (χ3v) is 4.81. The fraction of sp³-hybridized carbons (Fsp3) is 0.111. The highest BCUT2D eigenvalue weighted by Gasteiger charge is 2.25. The average molecular weight is 366 g/mol. The molecule has 0 aliphatic rings. The lowest BCUT2D eigenvalue weighted by Crippen LogP contribution is -2.30. The fourth-order valence-electron chi connectivity index (χ4n) is 2.53. The Bertz CT molecular complexity index is 1030. The number of thiazole rings is 1. The molecular weight excluding hydrogens is 352 g/mol. The van der Waals surface area contributed by atoms with Crippen molar-refractivity contribution >= 4 is 32.6 Å². The second kappa shape index (κ2) is 6.93. The summed E-state index contributed by atoms with van der Waals surface area (Å²) in [6, 6.07) is 12.8. The highest BCUT2D eigenvalue weighted by molar-refractivity contribution is 7.22. The zero-order valence-electron chi connectivity index (χ0n) is 13.8. The van der Waals surface area contributed by atoms with Crippen molar-refractivity contribution in [1.82, 2.24) is 15.1 Å². The largest absolute Gasteiger partial charge is 0.494 e. The number of rotatable bonds is 5.